The second-order valence-electron chi connectivity index (χ2n) is 4.89. The Hall–Kier alpha value is -2.88. The number of nitrogens with one attached hydrogen (secondary N) is 1. The molecule has 21 heavy (non-hydrogen) atoms. The Morgan fingerprint density at radius 1 is 0.952 bits per heavy atom. The molecule has 4 heteroatoms. The van der Waals surface area contributed by atoms with Crippen LogP contribution in [0.4, 0.5) is 5.69 Å². The predicted molar refractivity (Wildman–Crippen MR) is 85.5 cm³/mol. The number of hydrogen-bond donors (Lipinski definition) is 1. The molecule has 0 radical (unpaired) electrons. The minimum Gasteiger partial charge on any atom is -0.388 e. The van der Waals surface area contributed by atoms with Gasteiger partial charge >= 0.3 is 0 Å². The van der Waals surface area contributed by atoms with Gasteiger partial charge in [0.05, 0.1) is 16.7 Å². The quantitative estimate of drug-likeness (QED) is 0.607. The predicted octanol–water partition coefficient (Wildman–Crippen LogP) is 3.59. The molecular weight excluding hydrogens is 260 g/mol. The van der Waals surface area contributed by atoms with Gasteiger partial charge in [-0.05, 0) is 35.9 Å². The Bertz CT molecular complexity index is 922. The van der Waals surface area contributed by atoms with Crippen molar-refractivity contribution in [3.63, 3.8) is 0 Å². The van der Waals surface area contributed by atoms with Crippen LogP contribution in [0.15, 0.2) is 60.8 Å². The Kier molecular flexibility index (Phi) is 2.60. The molecule has 0 aliphatic rings. The standard InChI is InChI=1S/C17H14N4/c1-18-13-8-6-12(7-9-13)15-10-11-19-17-20-14-4-2-3-5-16(14)21(15)17/h2-11,18H,1H3. The smallest absolute Gasteiger partial charge is 0.235 e. The summed E-state index contributed by atoms with van der Waals surface area (Å²) in [6.45, 7) is 0. The van der Waals surface area contributed by atoms with Crippen LogP contribution in [0.1, 0.15) is 0 Å². The number of fused-ring (bicyclic) bond motifs is 3. The maximum absolute atomic E-state index is 4.57. The molecule has 2 heterocycles. The molecule has 4 rings (SSSR count). The Morgan fingerprint density at radius 2 is 1.76 bits per heavy atom. The molecule has 4 aromatic rings. The minimum atomic E-state index is 0.728. The molecule has 0 amide bonds. The van der Waals surface area contributed by atoms with E-state index in [2.05, 4.69) is 50.0 Å². The first kappa shape index (κ1) is 11.9. The van der Waals surface area contributed by atoms with Crippen molar-refractivity contribution in [2.75, 3.05) is 12.4 Å². The summed E-state index contributed by atoms with van der Waals surface area (Å²) in [5, 5.41) is 3.14. The molecule has 0 saturated carbocycles. The third-order valence-electron chi connectivity index (χ3n) is 3.68. The van der Waals surface area contributed by atoms with Gasteiger partial charge in [0, 0.05) is 18.9 Å². The van der Waals surface area contributed by atoms with Gasteiger partial charge in [0.25, 0.3) is 0 Å². The highest BCUT2D eigenvalue weighted by molar-refractivity contribution is 5.82. The van der Waals surface area contributed by atoms with Crippen molar-refractivity contribution in [3.05, 3.63) is 60.8 Å². The molecule has 0 unspecified atom stereocenters. The first-order valence-corrected chi connectivity index (χ1v) is 6.87. The molecule has 0 bridgehead atoms. The number of anilines is 1. The third kappa shape index (κ3) is 1.84. The largest absolute Gasteiger partial charge is 0.388 e. The van der Waals surface area contributed by atoms with E-state index in [4.69, 9.17) is 0 Å². The highest BCUT2D eigenvalue weighted by Crippen LogP contribution is 2.25. The SMILES string of the molecule is CNc1ccc(-c2ccnc3nc4ccccc4n23)cc1. The molecule has 0 aliphatic carbocycles. The monoisotopic (exact) mass is 274 g/mol. The summed E-state index contributed by atoms with van der Waals surface area (Å²) in [5.41, 5.74) is 5.37. The summed E-state index contributed by atoms with van der Waals surface area (Å²) < 4.78 is 2.10. The van der Waals surface area contributed by atoms with Gasteiger partial charge in [-0.1, -0.05) is 24.3 Å². The summed E-state index contributed by atoms with van der Waals surface area (Å²) >= 11 is 0. The Labute approximate surface area is 122 Å². The van der Waals surface area contributed by atoms with Crippen LogP contribution in [0, 0.1) is 0 Å². The fraction of sp³-hybridized carbons (Fsp3) is 0.0588. The van der Waals surface area contributed by atoms with Crippen LogP contribution in [-0.2, 0) is 0 Å². The topological polar surface area (TPSA) is 42.2 Å². The van der Waals surface area contributed by atoms with E-state index in [0.29, 0.717) is 0 Å². The normalized spacial score (nSPS) is 11.1. The summed E-state index contributed by atoms with van der Waals surface area (Å²) in [6.07, 6.45) is 1.81. The lowest BCUT2D eigenvalue weighted by atomic mass is 10.1. The van der Waals surface area contributed by atoms with Gasteiger partial charge < -0.3 is 5.32 Å². The number of para-hydroxylation sites is 2. The Morgan fingerprint density at radius 3 is 2.57 bits per heavy atom. The van der Waals surface area contributed by atoms with Crippen LogP contribution < -0.4 is 5.32 Å². The number of benzene rings is 2. The van der Waals surface area contributed by atoms with Gasteiger partial charge in [-0.25, -0.2) is 9.97 Å². The first-order valence-electron chi connectivity index (χ1n) is 6.87. The van der Waals surface area contributed by atoms with Crippen LogP contribution in [0.2, 0.25) is 0 Å². The molecular formula is C17H14N4. The fourth-order valence-electron chi connectivity index (χ4n) is 2.62. The van der Waals surface area contributed by atoms with Crippen molar-refractivity contribution in [2.24, 2.45) is 0 Å². The molecule has 0 aliphatic heterocycles. The Balaban J connectivity index is 2.03. The maximum atomic E-state index is 4.57. The summed E-state index contributed by atoms with van der Waals surface area (Å²) in [5.74, 6) is 0.728. The zero-order chi connectivity index (χ0) is 14.2. The number of hydrogen-bond acceptors (Lipinski definition) is 3. The van der Waals surface area contributed by atoms with Crippen molar-refractivity contribution in [1.82, 2.24) is 14.4 Å². The van der Waals surface area contributed by atoms with E-state index in [1.165, 1.54) is 0 Å². The van der Waals surface area contributed by atoms with E-state index in [1.807, 2.05) is 37.5 Å². The average molecular weight is 274 g/mol. The van der Waals surface area contributed by atoms with E-state index in [0.717, 1.165) is 33.8 Å². The second-order valence-corrected chi connectivity index (χ2v) is 4.89. The van der Waals surface area contributed by atoms with Crippen LogP contribution in [-0.4, -0.2) is 21.4 Å². The molecule has 0 spiro atoms. The van der Waals surface area contributed by atoms with E-state index in [-0.39, 0.29) is 0 Å². The van der Waals surface area contributed by atoms with Crippen molar-refractivity contribution >= 4 is 22.5 Å². The van der Waals surface area contributed by atoms with Gasteiger partial charge in [0.15, 0.2) is 0 Å². The highest BCUT2D eigenvalue weighted by Gasteiger charge is 2.09. The molecule has 102 valence electrons. The zero-order valence-electron chi connectivity index (χ0n) is 11.6. The van der Waals surface area contributed by atoms with E-state index < -0.39 is 0 Å². The molecule has 4 nitrogen and oxygen atoms in total. The van der Waals surface area contributed by atoms with Crippen LogP contribution >= 0.6 is 0 Å². The van der Waals surface area contributed by atoms with E-state index in [1.54, 1.807) is 0 Å². The maximum Gasteiger partial charge on any atom is 0.235 e. The van der Waals surface area contributed by atoms with Gasteiger partial charge in [-0.15, -0.1) is 0 Å². The van der Waals surface area contributed by atoms with Gasteiger partial charge in [-0.2, -0.15) is 0 Å². The van der Waals surface area contributed by atoms with Crippen LogP contribution in [0.3, 0.4) is 0 Å². The lowest BCUT2D eigenvalue weighted by molar-refractivity contribution is 1.14. The van der Waals surface area contributed by atoms with E-state index in [9.17, 15) is 0 Å². The van der Waals surface area contributed by atoms with Gasteiger partial charge in [0.1, 0.15) is 0 Å². The average Bonchev–Trinajstić information content (AvgIpc) is 2.93. The number of aromatic nitrogens is 3. The molecule has 0 atom stereocenters. The summed E-state index contributed by atoms with van der Waals surface area (Å²) in [6, 6.07) is 18.5. The number of rotatable bonds is 2. The third-order valence-corrected chi connectivity index (χ3v) is 3.68. The van der Waals surface area contributed by atoms with Gasteiger partial charge in [0.2, 0.25) is 5.78 Å². The first-order chi connectivity index (χ1) is 10.4. The van der Waals surface area contributed by atoms with Crippen molar-refractivity contribution in [1.29, 1.82) is 0 Å². The summed E-state index contributed by atoms with van der Waals surface area (Å²) in [4.78, 5) is 8.95. The molecule has 0 fully saturated rings. The van der Waals surface area contributed by atoms with Gasteiger partial charge in [-0.3, -0.25) is 4.40 Å². The summed E-state index contributed by atoms with van der Waals surface area (Å²) in [7, 11) is 1.92. The van der Waals surface area contributed by atoms with Crippen molar-refractivity contribution in [3.8, 4) is 11.3 Å². The molecule has 0 saturated heterocycles. The minimum absolute atomic E-state index is 0.728. The van der Waals surface area contributed by atoms with Crippen molar-refractivity contribution in [2.45, 2.75) is 0 Å². The zero-order valence-corrected chi connectivity index (χ0v) is 11.6. The molecule has 2 aromatic carbocycles. The van der Waals surface area contributed by atoms with E-state index >= 15 is 0 Å². The van der Waals surface area contributed by atoms with Crippen LogP contribution in [0.25, 0.3) is 28.1 Å². The van der Waals surface area contributed by atoms with Crippen molar-refractivity contribution < 1.29 is 0 Å². The highest BCUT2D eigenvalue weighted by atomic mass is 15.1. The fourth-order valence-corrected chi connectivity index (χ4v) is 2.62. The number of nitrogens with zero attached hydrogens (tertiary/aromatic N) is 3. The lowest BCUT2D eigenvalue weighted by Gasteiger charge is -2.07. The lowest BCUT2D eigenvalue weighted by Crippen LogP contribution is -1.94. The molecule has 1 N–H and O–H groups in total. The number of imidazole rings is 1. The second kappa shape index (κ2) is 4.59. The van der Waals surface area contributed by atoms with Crippen LogP contribution in [0.5, 0.6) is 0 Å². The molecule has 2 aromatic heterocycles.